The van der Waals surface area contributed by atoms with E-state index in [2.05, 4.69) is 56.5 Å². The average Bonchev–Trinajstić information content (AvgIpc) is 3.75. The van der Waals surface area contributed by atoms with Gasteiger partial charge in [-0.1, -0.05) is 31.2 Å². The van der Waals surface area contributed by atoms with Crippen LogP contribution in [0.3, 0.4) is 0 Å². The van der Waals surface area contributed by atoms with E-state index >= 15 is 0 Å². The van der Waals surface area contributed by atoms with Gasteiger partial charge < -0.3 is 20.9 Å². The molecule has 0 saturated carbocycles. The van der Waals surface area contributed by atoms with Gasteiger partial charge in [-0.15, -0.1) is 10.2 Å². The van der Waals surface area contributed by atoms with Crippen molar-refractivity contribution < 1.29 is 14.4 Å². The van der Waals surface area contributed by atoms with Crippen molar-refractivity contribution in [2.75, 3.05) is 26.2 Å². The number of nitriles is 1. The lowest BCUT2D eigenvalue weighted by Gasteiger charge is -2.38. The van der Waals surface area contributed by atoms with Crippen LogP contribution < -0.4 is 16.0 Å². The van der Waals surface area contributed by atoms with Crippen molar-refractivity contribution in [2.24, 2.45) is 5.92 Å². The highest BCUT2D eigenvalue weighted by Crippen LogP contribution is 2.47. The Kier molecular flexibility index (Phi) is 10.1. The number of amides is 3. The van der Waals surface area contributed by atoms with E-state index in [1.807, 2.05) is 50.2 Å². The maximum atomic E-state index is 13.3. The lowest BCUT2D eigenvalue weighted by Crippen LogP contribution is -2.48. The average molecular weight is 626 g/mol. The van der Waals surface area contributed by atoms with Crippen molar-refractivity contribution in [2.45, 2.75) is 77.3 Å². The van der Waals surface area contributed by atoms with Crippen molar-refractivity contribution in [3.8, 4) is 6.07 Å². The second-order valence-corrected chi connectivity index (χ2v) is 12.4. The van der Waals surface area contributed by atoms with Crippen molar-refractivity contribution in [1.29, 1.82) is 5.26 Å². The fourth-order valence-corrected chi connectivity index (χ4v) is 6.94. The van der Waals surface area contributed by atoms with Gasteiger partial charge in [0.25, 0.3) is 11.8 Å². The Labute approximate surface area is 269 Å². The number of aromatic nitrogens is 4. The fraction of sp³-hybridized carbons (Fsp3) is 0.500. The van der Waals surface area contributed by atoms with E-state index in [0.717, 1.165) is 28.7 Å². The molecule has 1 aliphatic carbocycles. The van der Waals surface area contributed by atoms with Crippen LogP contribution in [0.2, 0.25) is 0 Å². The highest BCUT2D eigenvalue weighted by molar-refractivity contribution is 5.95. The third-order valence-electron chi connectivity index (χ3n) is 9.29. The molecule has 2 aliphatic rings. The molecule has 12 heteroatoms. The maximum Gasteiger partial charge on any atom is 0.251 e. The number of benzene rings is 2. The highest BCUT2D eigenvalue weighted by Gasteiger charge is 2.47. The number of hydrogen-bond donors (Lipinski definition) is 4. The van der Waals surface area contributed by atoms with Gasteiger partial charge in [-0.2, -0.15) is 10.5 Å². The molecule has 1 unspecified atom stereocenters. The van der Waals surface area contributed by atoms with E-state index in [4.69, 9.17) is 0 Å². The summed E-state index contributed by atoms with van der Waals surface area (Å²) in [6.07, 6.45) is 3.26. The number of hydrogen-bond acceptors (Lipinski definition) is 8. The predicted molar refractivity (Wildman–Crippen MR) is 172 cm³/mol. The number of aromatic amines is 1. The number of carbonyl (C=O) groups is 3. The minimum Gasteiger partial charge on any atom is -0.352 e. The molecule has 1 fully saturated rings. The molecule has 2 aromatic carbocycles. The number of aryl methyl sites for hydroxylation is 2. The fourth-order valence-electron chi connectivity index (χ4n) is 6.94. The first-order chi connectivity index (χ1) is 22.2. The number of H-pyrrole nitrogens is 1. The summed E-state index contributed by atoms with van der Waals surface area (Å²) in [5.41, 5.74) is 4.08. The van der Waals surface area contributed by atoms with Gasteiger partial charge in [0.15, 0.2) is 5.82 Å². The van der Waals surface area contributed by atoms with E-state index in [1.54, 1.807) is 4.90 Å². The van der Waals surface area contributed by atoms with Gasteiger partial charge in [-0.05, 0) is 98.4 Å². The van der Waals surface area contributed by atoms with Crippen LogP contribution in [0.5, 0.6) is 0 Å². The molecule has 1 saturated heterocycles. The SMILES string of the molecule is CCNC(=O)c1ccc2c(c1)CCc1cc(C(=O)NCC)ccc1C2(C[C@H](NCC(=O)N1CCCC1C#N)C(C)C)c1nn[nH]n1. The maximum absolute atomic E-state index is 13.3. The largest absolute Gasteiger partial charge is 0.352 e. The first-order valence-corrected chi connectivity index (χ1v) is 16.2. The molecule has 2 atom stereocenters. The summed E-state index contributed by atoms with van der Waals surface area (Å²) >= 11 is 0. The number of nitrogens with zero attached hydrogens (tertiary/aromatic N) is 5. The van der Waals surface area contributed by atoms with E-state index in [-0.39, 0.29) is 36.2 Å². The Morgan fingerprint density at radius 1 is 1.02 bits per heavy atom. The number of likely N-dealkylation sites (tertiary alicyclic amines) is 1. The Morgan fingerprint density at radius 2 is 1.63 bits per heavy atom. The zero-order valence-electron chi connectivity index (χ0n) is 27.0. The third kappa shape index (κ3) is 6.37. The summed E-state index contributed by atoms with van der Waals surface area (Å²) in [5, 5.41) is 34.7. The summed E-state index contributed by atoms with van der Waals surface area (Å²) in [7, 11) is 0. The molecule has 0 spiro atoms. The first kappa shape index (κ1) is 32.8. The molecule has 0 bridgehead atoms. The number of rotatable bonds is 11. The summed E-state index contributed by atoms with van der Waals surface area (Å²) in [6.45, 7) is 9.70. The Bertz CT molecular complexity index is 1540. The highest BCUT2D eigenvalue weighted by atomic mass is 16.2. The van der Waals surface area contributed by atoms with Crippen molar-refractivity contribution in [3.63, 3.8) is 0 Å². The quantitative estimate of drug-likeness (QED) is 0.252. The van der Waals surface area contributed by atoms with Gasteiger partial charge in [-0.25, -0.2) is 0 Å². The van der Waals surface area contributed by atoms with Gasteiger partial charge in [0, 0.05) is 36.8 Å². The third-order valence-corrected chi connectivity index (χ3v) is 9.29. The molecule has 4 N–H and O–H groups in total. The molecule has 2 heterocycles. The van der Waals surface area contributed by atoms with Crippen LogP contribution >= 0.6 is 0 Å². The number of carbonyl (C=O) groups excluding carboxylic acids is 3. The van der Waals surface area contributed by atoms with E-state index in [1.165, 1.54) is 0 Å². The standard InChI is InChI=1S/C34H43N9O3/c1-5-36-31(45)24-11-13-27-22(16-24)9-10-23-17-25(32(46)37-6-2)12-14-28(23)34(27,33-39-41-42-40-33)18-29(21(3)4)38-20-30(44)43-15-7-8-26(43)19-35/h11-14,16-17,21,26,29,38H,5-10,15,18,20H2,1-4H3,(H,36,45)(H,37,46)(H,39,40,41,42)/t26?,29-/m0/s1. The molecule has 3 amide bonds. The zero-order valence-corrected chi connectivity index (χ0v) is 27.0. The van der Waals surface area contributed by atoms with Gasteiger partial charge >= 0.3 is 0 Å². The molecule has 1 aliphatic heterocycles. The van der Waals surface area contributed by atoms with Crippen LogP contribution in [0.25, 0.3) is 0 Å². The lowest BCUT2D eigenvalue weighted by molar-refractivity contribution is -0.130. The number of nitrogens with one attached hydrogen (secondary N) is 4. The first-order valence-electron chi connectivity index (χ1n) is 16.2. The zero-order chi connectivity index (χ0) is 32.8. The Balaban J connectivity index is 1.64. The van der Waals surface area contributed by atoms with E-state index in [0.29, 0.717) is 62.3 Å². The van der Waals surface area contributed by atoms with Crippen LogP contribution in [0.1, 0.15) is 95.8 Å². The van der Waals surface area contributed by atoms with Crippen molar-refractivity contribution in [1.82, 2.24) is 41.5 Å². The normalized spacial score (nSPS) is 17.4. The topological polar surface area (TPSA) is 169 Å². The predicted octanol–water partition coefficient (Wildman–Crippen LogP) is 2.65. The van der Waals surface area contributed by atoms with Gasteiger partial charge in [0.05, 0.1) is 18.0 Å². The van der Waals surface area contributed by atoms with Crippen LogP contribution in [0.15, 0.2) is 36.4 Å². The van der Waals surface area contributed by atoms with Crippen LogP contribution in [0, 0.1) is 17.2 Å². The van der Waals surface area contributed by atoms with Crippen LogP contribution in [-0.2, 0) is 23.1 Å². The number of fused-ring (bicyclic) bond motifs is 2. The van der Waals surface area contributed by atoms with E-state index < -0.39 is 11.5 Å². The molecule has 3 aromatic rings. The minimum atomic E-state index is -0.929. The van der Waals surface area contributed by atoms with Crippen LogP contribution in [0.4, 0.5) is 0 Å². The summed E-state index contributed by atoms with van der Waals surface area (Å²) < 4.78 is 0. The molecule has 12 nitrogen and oxygen atoms in total. The second kappa shape index (κ2) is 14.2. The summed E-state index contributed by atoms with van der Waals surface area (Å²) in [4.78, 5) is 40.8. The lowest BCUT2D eigenvalue weighted by atomic mass is 9.66. The smallest absolute Gasteiger partial charge is 0.251 e. The Morgan fingerprint density at radius 3 is 2.13 bits per heavy atom. The number of tetrazole rings is 1. The van der Waals surface area contributed by atoms with Gasteiger partial charge in [0.1, 0.15) is 6.04 Å². The molecule has 5 rings (SSSR count). The van der Waals surface area contributed by atoms with Crippen LogP contribution in [-0.4, -0.2) is 81.5 Å². The van der Waals surface area contributed by atoms with Crippen molar-refractivity contribution in [3.05, 3.63) is 75.6 Å². The van der Waals surface area contributed by atoms with Gasteiger partial charge in [0.2, 0.25) is 5.91 Å². The van der Waals surface area contributed by atoms with Gasteiger partial charge in [-0.3, -0.25) is 14.4 Å². The molecule has 0 radical (unpaired) electrons. The van der Waals surface area contributed by atoms with E-state index in [9.17, 15) is 19.6 Å². The monoisotopic (exact) mass is 625 g/mol. The minimum absolute atomic E-state index is 0.0926. The molecule has 1 aromatic heterocycles. The molecular weight excluding hydrogens is 582 g/mol. The summed E-state index contributed by atoms with van der Waals surface area (Å²) in [5.74, 6) is 0.183. The summed E-state index contributed by atoms with van der Waals surface area (Å²) in [6, 6.07) is 13.2. The Hall–Kier alpha value is -4.63. The molecule has 242 valence electrons. The molecule has 46 heavy (non-hydrogen) atoms. The second-order valence-electron chi connectivity index (χ2n) is 12.4. The van der Waals surface area contributed by atoms with Crippen molar-refractivity contribution >= 4 is 17.7 Å². The molecular formula is C34H43N9O3.